The van der Waals surface area contributed by atoms with Crippen LogP contribution < -0.4 is 0 Å². The fraction of sp³-hybridized carbons (Fsp3) is 0.333. The Bertz CT molecular complexity index is 425. The molecule has 0 saturated carbocycles. The zero-order chi connectivity index (χ0) is 9.31. The summed E-state index contributed by atoms with van der Waals surface area (Å²) in [6.45, 7) is 0. The number of rotatable bonds is 1. The molecule has 1 heterocycles. The molecular formula is C9H10FNOS. The first kappa shape index (κ1) is 8.69. The Kier molecular flexibility index (Phi) is 2.07. The van der Waals surface area contributed by atoms with Crippen LogP contribution in [0.25, 0.3) is 0 Å². The highest BCUT2D eigenvalue weighted by molar-refractivity contribution is 7.95. The second-order valence-electron chi connectivity index (χ2n) is 3.08. The van der Waals surface area contributed by atoms with E-state index in [0.717, 1.165) is 6.42 Å². The summed E-state index contributed by atoms with van der Waals surface area (Å²) in [5.74, 6) is 0.833. The third kappa shape index (κ3) is 1.72. The molecule has 0 spiro atoms. The smallest absolute Gasteiger partial charge is 0.149 e. The van der Waals surface area contributed by atoms with Crippen LogP contribution >= 0.6 is 0 Å². The van der Waals surface area contributed by atoms with Crippen LogP contribution in [0, 0.1) is 5.82 Å². The maximum absolute atomic E-state index is 13.1. The van der Waals surface area contributed by atoms with E-state index in [2.05, 4.69) is 4.36 Å². The fourth-order valence-electron chi connectivity index (χ4n) is 1.19. The number of benzene rings is 1. The van der Waals surface area contributed by atoms with E-state index in [9.17, 15) is 8.60 Å². The Hall–Kier alpha value is -0.900. The van der Waals surface area contributed by atoms with E-state index < -0.39 is 15.5 Å². The maximum Gasteiger partial charge on any atom is 0.149 e. The van der Waals surface area contributed by atoms with Crippen molar-refractivity contribution < 1.29 is 8.60 Å². The average molecular weight is 199 g/mol. The van der Waals surface area contributed by atoms with Gasteiger partial charge in [0.2, 0.25) is 0 Å². The van der Waals surface area contributed by atoms with Gasteiger partial charge in [0.1, 0.15) is 11.5 Å². The third-order valence-corrected chi connectivity index (χ3v) is 4.43. The minimum absolute atomic E-state index is 0.229. The normalized spacial score (nSPS) is 19.2. The summed E-state index contributed by atoms with van der Waals surface area (Å²) < 4.78 is 28.6. The summed E-state index contributed by atoms with van der Waals surface area (Å²) in [7, 11) is -2.08. The van der Waals surface area contributed by atoms with Gasteiger partial charge in [-0.3, -0.25) is 0 Å². The molecule has 2 rings (SSSR count). The van der Waals surface area contributed by atoms with Crippen LogP contribution in [-0.2, 0) is 9.73 Å². The molecule has 0 radical (unpaired) electrons. The molecular weight excluding hydrogens is 189 g/mol. The lowest BCUT2D eigenvalue weighted by atomic mass is 10.3. The molecule has 0 bridgehead atoms. The van der Waals surface area contributed by atoms with Crippen molar-refractivity contribution in [3.63, 3.8) is 0 Å². The molecule has 2 nitrogen and oxygen atoms in total. The van der Waals surface area contributed by atoms with E-state index in [4.69, 9.17) is 0 Å². The van der Waals surface area contributed by atoms with Crippen molar-refractivity contribution in [1.82, 2.24) is 0 Å². The molecule has 0 aliphatic carbocycles. The fourth-order valence-corrected chi connectivity index (χ4v) is 2.66. The molecule has 0 atom stereocenters. The van der Waals surface area contributed by atoms with E-state index in [0.29, 0.717) is 11.5 Å². The van der Waals surface area contributed by atoms with Crippen molar-refractivity contribution in [2.24, 2.45) is 4.36 Å². The number of hydrogen-bond donors (Lipinski definition) is 0. The van der Waals surface area contributed by atoms with Gasteiger partial charge in [0.25, 0.3) is 0 Å². The number of halogens is 1. The van der Waals surface area contributed by atoms with Crippen LogP contribution in [0.2, 0.25) is 0 Å². The Morgan fingerprint density at radius 3 is 2.54 bits per heavy atom. The van der Waals surface area contributed by atoms with E-state index in [1.54, 1.807) is 18.2 Å². The van der Waals surface area contributed by atoms with Crippen molar-refractivity contribution in [2.75, 3.05) is 11.5 Å². The highest BCUT2D eigenvalue weighted by atomic mass is 32.2. The highest BCUT2D eigenvalue weighted by Gasteiger charge is 2.19. The quantitative estimate of drug-likeness (QED) is 0.682. The SMILES string of the molecule is O=S1(=Nc2ccccc2F)CCC1. The van der Waals surface area contributed by atoms with Gasteiger partial charge in [0.05, 0.1) is 9.73 Å². The number of nitrogens with zero attached hydrogens (tertiary/aromatic N) is 1. The summed E-state index contributed by atoms with van der Waals surface area (Å²) in [4.78, 5) is 0. The molecule has 70 valence electrons. The first-order valence-corrected chi connectivity index (χ1v) is 6.02. The van der Waals surface area contributed by atoms with Gasteiger partial charge in [0, 0.05) is 11.5 Å². The largest absolute Gasteiger partial charge is 0.249 e. The van der Waals surface area contributed by atoms with Crippen molar-refractivity contribution in [2.45, 2.75) is 6.42 Å². The summed E-state index contributed by atoms with van der Waals surface area (Å²) in [5, 5.41) is 0. The van der Waals surface area contributed by atoms with E-state index in [1.165, 1.54) is 6.07 Å². The molecule has 0 aromatic heterocycles. The topological polar surface area (TPSA) is 29.4 Å². The first-order valence-electron chi connectivity index (χ1n) is 4.17. The zero-order valence-corrected chi connectivity index (χ0v) is 7.89. The van der Waals surface area contributed by atoms with Gasteiger partial charge in [-0.05, 0) is 18.6 Å². The maximum atomic E-state index is 13.1. The van der Waals surface area contributed by atoms with Crippen molar-refractivity contribution >= 4 is 15.4 Å². The summed E-state index contributed by atoms with van der Waals surface area (Å²) in [6.07, 6.45) is 0.941. The van der Waals surface area contributed by atoms with Gasteiger partial charge >= 0.3 is 0 Å². The zero-order valence-electron chi connectivity index (χ0n) is 7.07. The van der Waals surface area contributed by atoms with Crippen LogP contribution in [0.4, 0.5) is 10.1 Å². The van der Waals surface area contributed by atoms with Gasteiger partial charge in [-0.1, -0.05) is 12.1 Å². The van der Waals surface area contributed by atoms with Gasteiger partial charge in [-0.25, -0.2) is 8.60 Å². The third-order valence-electron chi connectivity index (χ3n) is 2.04. The molecule has 1 saturated heterocycles. The second kappa shape index (κ2) is 3.10. The number of hydrogen-bond acceptors (Lipinski definition) is 2. The van der Waals surface area contributed by atoms with Gasteiger partial charge in [0.15, 0.2) is 0 Å². The standard InChI is InChI=1S/C9H10FNOS/c10-8-4-1-2-5-9(8)11-13(12)6-3-7-13/h1-2,4-5H,3,6-7H2. The molecule has 0 unspecified atom stereocenters. The van der Waals surface area contributed by atoms with Gasteiger partial charge in [-0.15, -0.1) is 0 Å². The monoisotopic (exact) mass is 199 g/mol. The van der Waals surface area contributed by atoms with Crippen LogP contribution in [0.1, 0.15) is 6.42 Å². The van der Waals surface area contributed by atoms with E-state index >= 15 is 0 Å². The molecule has 4 heteroatoms. The summed E-state index contributed by atoms with van der Waals surface area (Å²) in [5.41, 5.74) is 0.229. The Morgan fingerprint density at radius 1 is 1.31 bits per heavy atom. The minimum atomic E-state index is -2.08. The molecule has 1 aliphatic rings. The average Bonchev–Trinajstić information content (AvgIpc) is 2.06. The van der Waals surface area contributed by atoms with E-state index in [-0.39, 0.29) is 5.69 Å². The van der Waals surface area contributed by atoms with Crippen molar-refractivity contribution in [1.29, 1.82) is 0 Å². The van der Waals surface area contributed by atoms with Crippen molar-refractivity contribution in [3.05, 3.63) is 30.1 Å². The second-order valence-corrected chi connectivity index (χ2v) is 5.62. The van der Waals surface area contributed by atoms with E-state index in [1.807, 2.05) is 0 Å². The van der Waals surface area contributed by atoms with Crippen LogP contribution in [-0.4, -0.2) is 15.7 Å². The first-order chi connectivity index (χ1) is 6.20. The van der Waals surface area contributed by atoms with Crippen LogP contribution in [0.15, 0.2) is 28.6 Å². The molecule has 1 aromatic rings. The lowest BCUT2D eigenvalue weighted by Crippen LogP contribution is -2.23. The van der Waals surface area contributed by atoms with Crippen LogP contribution in [0.3, 0.4) is 0 Å². The summed E-state index contributed by atoms with van der Waals surface area (Å²) >= 11 is 0. The minimum Gasteiger partial charge on any atom is -0.249 e. The summed E-state index contributed by atoms with van der Waals surface area (Å²) in [6, 6.07) is 6.19. The van der Waals surface area contributed by atoms with Gasteiger partial charge in [-0.2, -0.15) is 4.36 Å². The molecule has 13 heavy (non-hydrogen) atoms. The van der Waals surface area contributed by atoms with Gasteiger partial charge < -0.3 is 0 Å². The molecule has 1 fully saturated rings. The van der Waals surface area contributed by atoms with Crippen molar-refractivity contribution in [3.8, 4) is 0 Å². The Balaban J connectivity index is 2.43. The highest BCUT2D eigenvalue weighted by Crippen LogP contribution is 2.23. The Morgan fingerprint density at radius 2 is 2.00 bits per heavy atom. The van der Waals surface area contributed by atoms with Crippen LogP contribution in [0.5, 0.6) is 0 Å². The molecule has 1 aliphatic heterocycles. The lowest BCUT2D eigenvalue weighted by Gasteiger charge is -2.17. The predicted octanol–water partition coefficient (Wildman–Crippen LogP) is 2.33. The molecule has 0 amide bonds. The Labute approximate surface area is 77.0 Å². The lowest BCUT2D eigenvalue weighted by molar-refractivity contribution is 0.628. The molecule has 1 aromatic carbocycles. The molecule has 0 N–H and O–H groups in total. The predicted molar refractivity (Wildman–Crippen MR) is 51.0 cm³/mol.